The largest absolute Gasteiger partial charge is 0.0891 e. The summed E-state index contributed by atoms with van der Waals surface area (Å²) < 4.78 is 0. The van der Waals surface area contributed by atoms with E-state index in [0.717, 1.165) is 10.7 Å². The minimum absolute atomic E-state index is 0.588. The molecule has 1 saturated carbocycles. The van der Waals surface area contributed by atoms with Crippen molar-refractivity contribution >= 4 is 15.9 Å². The van der Waals surface area contributed by atoms with Gasteiger partial charge in [0.2, 0.25) is 0 Å². The van der Waals surface area contributed by atoms with Gasteiger partial charge in [-0.3, -0.25) is 0 Å². The zero-order valence-electron chi connectivity index (χ0n) is 7.15. The average Bonchev–Trinajstić information content (AvgIpc) is 1.81. The zero-order chi connectivity index (χ0) is 7.78. The topological polar surface area (TPSA) is 0 Å². The lowest BCUT2D eigenvalue weighted by molar-refractivity contribution is 0.160. The molecule has 0 aromatic heterocycles. The normalized spacial score (nSPS) is 39.6. The lowest BCUT2D eigenvalue weighted by Gasteiger charge is -2.38. The van der Waals surface area contributed by atoms with Crippen molar-refractivity contribution in [3.05, 3.63) is 0 Å². The number of rotatable bonds is 0. The molecule has 1 rings (SSSR count). The fourth-order valence-electron chi connectivity index (χ4n) is 1.60. The highest BCUT2D eigenvalue weighted by Gasteiger charge is 2.32. The van der Waals surface area contributed by atoms with Crippen molar-refractivity contribution in [1.29, 1.82) is 0 Å². The molecule has 1 aliphatic carbocycles. The Morgan fingerprint density at radius 1 is 1.40 bits per heavy atom. The maximum absolute atomic E-state index is 3.68. The Morgan fingerprint density at radius 2 is 2.00 bits per heavy atom. The lowest BCUT2D eigenvalue weighted by atomic mass is 9.70. The third kappa shape index (κ3) is 1.75. The smallest absolute Gasteiger partial charge is 0.0148 e. The molecular formula is C9H17Br. The van der Waals surface area contributed by atoms with Gasteiger partial charge in [-0.05, 0) is 30.6 Å². The molecule has 0 aromatic carbocycles. The molecule has 60 valence electrons. The van der Waals surface area contributed by atoms with E-state index in [4.69, 9.17) is 0 Å². The van der Waals surface area contributed by atoms with Crippen LogP contribution >= 0.6 is 15.9 Å². The summed E-state index contributed by atoms with van der Waals surface area (Å²) >= 11 is 3.68. The van der Waals surface area contributed by atoms with Crippen LogP contribution in [0.3, 0.4) is 0 Å². The third-order valence-corrected chi connectivity index (χ3v) is 3.88. The van der Waals surface area contributed by atoms with Gasteiger partial charge in [0.05, 0.1) is 0 Å². The first-order valence-corrected chi connectivity index (χ1v) is 5.08. The monoisotopic (exact) mass is 204 g/mol. The van der Waals surface area contributed by atoms with Crippen molar-refractivity contribution in [1.82, 2.24) is 0 Å². The molecule has 0 nitrogen and oxygen atoms in total. The van der Waals surface area contributed by atoms with E-state index in [1.165, 1.54) is 19.3 Å². The molecule has 0 N–H and O–H groups in total. The maximum atomic E-state index is 3.68. The van der Waals surface area contributed by atoms with Crippen molar-refractivity contribution < 1.29 is 0 Å². The maximum Gasteiger partial charge on any atom is 0.0148 e. The second-order valence-electron chi connectivity index (χ2n) is 4.26. The Hall–Kier alpha value is 0.480. The van der Waals surface area contributed by atoms with Crippen molar-refractivity contribution in [3.63, 3.8) is 0 Å². The Kier molecular flexibility index (Phi) is 2.44. The summed E-state index contributed by atoms with van der Waals surface area (Å²) in [5.41, 5.74) is 0.588. The Bertz CT molecular complexity index is 118. The average molecular weight is 205 g/mol. The van der Waals surface area contributed by atoms with Gasteiger partial charge in [-0.2, -0.15) is 0 Å². The summed E-state index contributed by atoms with van der Waals surface area (Å²) in [5, 5.41) is 0. The molecule has 0 bridgehead atoms. The molecule has 0 spiro atoms. The van der Waals surface area contributed by atoms with E-state index < -0.39 is 0 Å². The van der Waals surface area contributed by atoms with Crippen molar-refractivity contribution in [2.45, 2.75) is 44.9 Å². The number of hydrogen-bond donors (Lipinski definition) is 0. The van der Waals surface area contributed by atoms with E-state index >= 15 is 0 Å². The minimum Gasteiger partial charge on any atom is -0.0891 e. The van der Waals surface area contributed by atoms with E-state index in [1.54, 1.807) is 0 Å². The number of alkyl halides is 1. The second-order valence-corrected chi connectivity index (χ2v) is 5.56. The quantitative estimate of drug-likeness (QED) is 0.530. The molecule has 0 aromatic rings. The van der Waals surface area contributed by atoms with Gasteiger partial charge in [-0.25, -0.2) is 0 Å². The highest BCUT2D eigenvalue weighted by Crippen LogP contribution is 2.42. The fraction of sp³-hybridized carbons (Fsp3) is 1.00. The van der Waals surface area contributed by atoms with Crippen LogP contribution in [0.1, 0.15) is 40.0 Å². The van der Waals surface area contributed by atoms with E-state index in [1.807, 2.05) is 0 Å². The summed E-state index contributed by atoms with van der Waals surface area (Å²) in [4.78, 5) is 0.788. The molecule has 0 radical (unpaired) electrons. The lowest BCUT2D eigenvalue weighted by Crippen LogP contribution is -2.29. The highest BCUT2D eigenvalue weighted by molar-refractivity contribution is 9.09. The highest BCUT2D eigenvalue weighted by atomic mass is 79.9. The predicted octanol–water partition coefficient (Wildman–Crippen LogP) is 3.60. The number of halogens is 1. The molecule has 0 saturated heterocycles. The molecule has 10 heavy (non-hydrogen) atoms. The van der Waals surface area contributed by atoms with Crippen LogP contribution in [0.25, 0.3) is 0 Å². The first kappa shape index (κ1) is 8.58. The van der Waals surface area contributed by atoms with Gasteiger partial charge < -0.3 is 0 Å². The summed E-state index contributed by atoms with van der Waals surface area (Å²) in [6.45, 7) is 7.14. The summed E-state index contributed by atoms with van der Waals surface area (Å²) in [5.74, 6) is 0.880. The van der Waals surface area contributed by atoms with Crippen LogP contribution < -0.4 is 0 Å². The summed E-state index contributed by atoms with van der Waals surface area (Å²) in [6.07, 6.45) is 4.09. The summed E-state index contributed by atoms with van der Waals surface area (Å²) in [6, 6.07) is 0. The Labute approximate surface area is 72.5 Å². The van der Waals surface area contributed by atoms with E-state index in [0.29, 0.717) is 5.41 Å². The van der Waals surface area contributed by atoms with Gasteiger partial charge in [0.15, 0.2) is 0 Å². The van der Waals surface area contributed by atoms with E-state index in [2.05, 4.69) is 36.7 Å². The van der Waals surface area contributed by atoms with Gasteiger partial charge in [0, 0.05) is 4.83 Å². The predicted molar refractivity (Wildman–Crippen MR) is 49.5 cm³/mol. The molecule has 0 amide bonds. The van der Waals surface area contributed by atoms with Crippen molar-refractivity contribution in [3.8, 4) is 0 Å². The summed E-state index contributed by atoms with van der Waals surface area (Å²) in [7, 11) is 0. The standard InChI is InChI=1S/C9H17Br/c1-7-6-8(10)4-5-9(7,2)3/h7-8H,4-6H2,1-3H3. The van der Waals surface area contributed by atoms with Crippen LogP contribution in [0.2, 0.25) is 0 Å². The van der Waals surface area contributed by atoms with Crippen LogP contribution in [0.4, 0.5) is 0 Å². The number of hydrogen-bond acceptors (Lipinski definition) is 0. The van der Waals surface area contributed by atoms with Gasteiger partial charge >= 0.3 is 0 Å². The molecule has 2 unspecified atom stereocenters. The molecule has 1 heteroatoms. The van der Waals surface area contributed by atoms with Gasteiger partial charge in [0.1, 0.15) is 0 Å². The third-order valence-electron chi connectivity index (χ3n) is 3.05. The van der Waals surface area contributed by atoms with Crippen LogP contribution in [0.15, 0.2) is 0 Å². The second kappa shape index (κ2) is 2.84. The van der Waals surface area contributed by atoms with Crippen molar-refractivity contribution in [2.75, 3.05) is 0 Å². The fourth-order valence-corrected chi connectivity index (χ4v) is 2.39. The minimum atomic E-state index is 0.588. The molecule has 0 aliphatic heterocycles. The van der Waals surface area contributed by atoms with Gasteiger partial charge in [0.25, 0.3) is 0 Å². The van der Waals surface area contributed by atoms with Gasteiger partial charge in [-0.1, -0.05) is 36.7 Å². The SMILES string of the molecule is CC1CC(Br)CCC1(C)C. The van der Waals surface area contributed by atoms with Crippen molar-refractivity contribution in [2.24, 2.45) is 11.3 Å². The van der Waals surface area contributed by atoms with Crippen LogP contribution in [0.5, 0.6) is 0 Å². The van der Waals surface area contributed by atoms with Crippen LogP contribution in [-0.4, -0.2) is 4.83 Å². The first-order chi connectivity index (χ1) is 4.52. The molecular weight excluding hydrogens is 188 g/mol. The Morgan fingerprint density at radius 3 is 2.40 bits per heavy atom. The molecule has 0 heterocycles. The van der Waals surface area contributed by atoms with Crippen LogP contribution in [-0.2, 0) is 0 Å². The van der Waals surface area contributed by atoms with Gasteiger partial charge in [-0.15, -0.1) is 0 Å². The first-order valence-electron chi connectivity index (χ1n) is 4.16. The van der Waals surface area contributed by atoms with E-state index in [9.17, 15) is 0 Å². The molecule has 2 atom stereocenters. The zero-order valence-corrected chi connectivity index (χ0v) is 8.74. The van der Waals surface area contributed by atoms with Crippen LogP contribution in [0, 0.1) is 11.3 Å². The molecule has 1 fully saturated rings. The molecule has 1 aliphatic rings. The Balaban J connectivity index is 2.52. The van der Waals surface area contributed by atoms with E-state index in [-0.39, 0.29) is 0 Å².